The summed E-state index contributed by atoms with van der Waals surface area (Å²) in [7, 11) is 0. The van der Waals surface area contributed by atoms with E-state index in [0.29, 0.717) is 0 Å². The highest BCUT2D eigenvalue weighted by atomic mass is 16.6. The highest BCUT2D eigenvalue weighted by Gasteiger charge is 2.43. The zero-order chi connectivity index (χ0) is 7.73. The summed E-state index contributed by atoms with van der Waals surface area (Å²) in [5.74, 6) is 0. The van der Waals surface area contributed by atoms with Gasteiger partial charge in [0.2, 0.25) is 0 Å². The van der Waals surface area contributed by atoms with E-state index in [2.05, 4.69) is 0 Å². The summed E-state index contributed by atoms with van der Waals surface area (Å²) in [5, 5.41) is 9.58. The molecule has 2 fully saturated rings. The maximum atomic E-state index is 9.58. The van der Waals surface area contributed by atoms with Crippen LogP contribution in [0.3, 0.4) is 0 Å². The second kappa shape index (κ2) is 2.76. The average molecular weight is 156 g/mol. The summed E-state index contributed by atoms with van der Waals surface area (Å²) < 4.78 is 5.20. The molecule has 1 unspecified atom stereocenters. The third-order valence-corrected chi connectivity index (χ3v) is 3.25. The SMILES string of the molecule is OC1OCCC12CCCCC2. The van der Waals surface area contributed by atoms with Gasteiger partial charge in [-0.25, -0.2) is 0 Å². The van der Waals surface area contributed by atoms with E-state index in [1.165, 1.54) is 32.1 Å². The number of rotatable bonds is 0. The van der Waals surface area contributed by atoms with Crippen molar-refractivity contribution in [3.63, 3.8) is 0 Å². The first-order chi connectivity index (χ1) is 5.33. The van der Waals surface area contributed by atoms with Gasteiger partial charge < -0.3 is 9.84 Å². The summed E-state index contributed by atoms with van der Waals surface area (Å²) in [5.41, 5.74) is 0.165. The lowest BCUT2D eigenvalue weighted by atomic mass is 9.73. The molecule has 0 aromatic rings. The molecule has 1 atom stereocenters. The lowest BCUT2D eigenvalue weighted by molar-refractivity contribution is -0.127. The van der Waals surface area contributed by atoms with Crippen molar-refractivity contribution in [1.82, 2.24) is 0 Å². The van der Waals surface area contributed by atoms with E-state index in [9.17, 15) is 5.11 Å². The molecule has 1 spiro atoms. The fourth-order valence-corrected chi connectivity index (χ4v) is 2.43. The number of hydrogen-bond acceptors (Lipinski definition) is 2. The fraction of sp³-hybridized carbons (Fsp3) is 1.00. The molecule has 11 heavy (non-hydrogen) atoms. The second-order valence-electron chi connectivity index (χ2n) is 3.90. The normalized spacial score (nSPS) is 36.3. The second-order valence-corrected chi connectivity index (χ2v) is 3.90. The predicted molar refractivity (Wildman–Crippen MR) is 42.1 cm³/mol. The Hall–Kier alpha value is -0.0800. The molecule has 0 amide bonds. The zero-order valence-corrected chi connectivity index (χ0v) is 6.88. The van der Waals surface area contributed by atoms with Crippen LogP contribution in [0.25, 0.3) is 0 Å². The van der Waals surface area contributed by atoms with Crippen LogP contribution in [0.5, 0.6) is 0 Å². The molecule has 1 heterocycles. The molecule has 0 bridgehead atoms. The van der Waals surface area contributed by atoms with Crippen LogP contribution >= 0.6 is 0 Å². The van der Waals surface area contributed by atoms with E-state index in [1.807, 2.05) is 0 Å². The Morgan fingerprint density at radius 3 is 2.36 bits per heavy atom. The smallest absolute Gasteiger partial charge is 0.160 e. The summed E-state index contributed by atoms with van der Waals surface area (Å²) >= 11 is 0. The first-order valence-electron chi connectivity index (χ1n) is 4.63. The molecular weight excluding hydrogens is 140 g/mol. The van der Waals surface area contributed by atoms with Crippen LogP contribution < -0.4 is 0 Å². The molecule has 1 aliphatic heterocycles. The van der Waals surface area contributed by atoms with Crippen LogP contribution in [0.15, 0.2) is 0 Å². The quantitative estimate of drug-likeness (QED) is 0.578. The molecule has 2 nitrogen and oxygen atoms in total. The lowest BCUT2D eigenvalue weighted by Gasteiger charge is -2.34. The maximum absolute atomic E-state index is 9.58. The van der Waals surface area contributed by atoms with Crippen molar-refractivity contribution in [2.45, 2.75) is 44.8 Å². The van der Waals surface area contributed by atoms with Crippen molar-refractivity contribution in [2.75, 3.05) is 6.61 Å². The van der Waals surface area contributed by atoms with E-state index >= 15 is 0 Å². The van der Waals surface area contributed by atoms with Crippen LogP contribution in [0, 0.1) is 5.41 Å². The molecule has 2 heteroatoms. The van der Waals surface area contributed by atoms with Crippen molar-refractivity contribution in [2.24, 2.45) is 5.41 Å². The third kappa shape index (κ3) is 1.18. The predicted octanol–water partition coefficient (Wildman–Crippen LogP) is 1.68. The highest BCUT2D eigenvalue weighted by molar-refractivity contribution is 4.88. The third-order valence-electron chi connectivity index (χ3n) is 3.25. The summed E-state index contributed by atoms with van der Waals surface area (Å²) in [6.45, 7) is 0.765. The molecule has 0 radical (unpaired) electrons. The molecule has 1 N–H and O–H groups in total. The van der Waals surface area contributed by atoms with Crippen LogP contribution in [0.1, 0.15) is 38.5 Å². The number of aliphatic hydroxyl groups excluding tert-OH is 1. The van der Waals surface area contributed by atoms with E-state index < -0.39 is 6.29 Å². The molecular formula is C9H16O2. The standard InChI is InChI=1S/C9H16O2/c10-8-9(6-7-11-8)4-2-1-3-5-9/h8,10H,1-7H2. The van der Waals surface area contributed by atoms with Gasteiger partial charge in [0.1, 0.15) is 0 Å². The molecule has 2 rings (SSSR count). The molecule has 1 saturated carbocycles. The minimum atomic E-state index is -0.456. The summed E-state index contributed by atoms with van der Waals surface area (Å²) in [6.07, 6.45) is 6.87. The van der Waals surface area contributed by atoms with Gasteiger partial charge in [-0.2, -0.15) is 0 Å². The Labute approximate surface area is 67.6 Å². The topological polar surface area (TPSA) is 29.5 Å². The summed E-state index contributed by atoms with van der Waals surface area (Å²) in [6, 6.07) is 0. The van der Waals surface area contributed by atoms with Gasteiger partial charge in [-0.05, 0) is 19.3 Å². The number of hydrogen-bond donors (Lipinski definition) is 1. The van der Waals surface area contributed by atoms with Gasteiger partial charge in [0.25, 0.3) is 0 Å². The van der Waals surface area contributed by atoms with Gasteiger partial charge in [-0.15, -0.1) is 0 Å². The van der Waals surface area contributed by atoms with E-state index in [-0.39, 0.29) is 5.41 Å². The molecule has 1 aliphatic carbocycles. The van der Waals surface area contributed by atoms with Gasteiger partial charge >= 0.3 is 0 Å². The van der Waals surface area contributed by atoms with Gasteiger partial charge in [0.05, 0.1) is 6.61 Å². The number of aliphatic hydroxyl groups is 1. The first-order valence-corrected chi connectivity index (χ1v) is 4.63. The van der Waals surface area contributed by atoms with Crippen LogP contribution in [0.2, 0.25) is 0 Å². The van der Waals surface area contributed by atoms with Crippen LogP contribution in [0.4, 0.5) is 0 Å². The largest absolute Gasteiger partial charge is 0.367 e. The van der Waals surface area contributed by atoms with Crippen LogP contribution in [-0.2, 0) is 4.74 Å². The Kier molecular flexibility index (Phi) is 1.90. The van der Waals surface area contributed by atoms with Gasteiger partial charge in [0, 0.05) is 5.41 Å². The molecule has 1 saturated heterocycles. The molecule has 2 aliphatic rings. The molecule has 64 valence electrons. The lowest BCUT2D eigenvalue weighted by Crippen LogP contribution is -2.32. The van der Waals surface area contributed by atoms with Crippen molar-refractivity contribution in [3.05, 3.63) is 0 Å². The zero-order valence-electron chi connectivity index (χ0n) is 6.88. The highest BCUT2D eigenvalue weighted by Crippen LogP contribution is 2.45. The van der Waals surface area contributed by atoms with Crippen molar-refractivity contribution in [1.29, 1.82) is 0 Å². The fourth-order valence-electron chi connectivity index (χ4n) is 2.43. The average Bonchev–Trinajstić information content (AvgIpc) is 2.36. The molecule has 0 aromatic carbocycles. The van der Waals surface area contributed by atoms with Gasteiger partial charge in [-0.1, -0.05) is 19.3 Å². The van der Waals surface area contributed by atoms with E-state index in [1.54, 1.807) is 0 Å². The molecule has 0 aromatic heterocycles. The van der Waals surface area contributed by atoms with Crippen LogP contribution in [-0.4, -0.2) is 18.0 Å². The van der Waals surface area contributed by atoms with E-state index in [4.69, 9.17) is 4.74 Å². The van der Waals surface area contributed by atoms with Gasteiger partial charge in [0.15, 0.2) is 6.29 Å². The van der Waals surface area contributed by atoms with E-state index in [0.717, 1.165) is 13.0 Å². The van der Waals surface area contributed by atoms with Gasteiger partial charge in [-0.3, -0.25) is 0 Å². The maximum Gasteiger partial charge on any atom is 0.160 e. The van der Waals surface area contributed by atoms with Crippen molar-refractivity contribution in [3.8, 4) is 0 Å². The monoisotopic (exact) mass is 156 g/mol. The Balaban J connectivity index is 2.06. The summed E-state index contributed by atoms with van der Waals surface area (Å²) in [4.78, 5) is 0. The first kappa shape index (κ1) is 7.56. The minimum Gasteiger partial charge on any atom is -0.367 e. The Bertz CT molecular complexity index is 138. The Morgan fingerprint density at radius 1 is 1.09 bits per heavy atom. The number of ether oxygens (including phenoxy) is 1. The van der Waals surface area contributed by atoms with Crippen molar-refractivity contribution >= 4 is 0 Å². The Morgan fingerprint density at radius 2 is 1.82 bits per heavy atom. The van der Waals surface area contributed by atoms with Crippen molar-refractivity contribution < 1.29 is 9.84 Å². The minimum absolute atomic E-state index is 0.165.